The van der Waals surface area contributed by atoms with Crippen LogP contribution in [0.25, 0.3) is 0 Å². The lowest BCUT2D eigenvalue weighted by Crippen LogP contribution is -2.05. The summed E-state index contributed by atoms with van der Waals surface area (Å²) in [6, 6.07) is 7.94. The van der Waals surface area contributed by atoms with Crippen LogP contribution in [0.4, 0.5) is 4.39 Å². The van der Waals surface area contributed by atoms with Crippen LogP contribution in [0, 0.1) is 19.7 Å². The number of rotatable bonds is 3. The molecule has 0 aromatic heterocycles. The van der Waals surface area contributed by atoms with E-state index in [0.29, 0.717) is 11.1 Å². The molecule has 0 aliphatic carbocycles. The van der Waals surface area contributed by atoms with Crippen molar-refractivity contribution < 1.29 is 13.9 Å². The number of hydrogen-bond donors (Lipinski definition) is 0. The summed E-state index contributed by atoms with van der Waals surface area (Å²) in [5.74, 6) is -0.602. The van der Waals surface area contributed by atoms with Gasteiger partial charge in [-0.25, -0.2) is 4.39 Å². The van der Waals surface area contributed by atoms with E-state index in [9.17, 15) is 9.18 Å². The summed E-state index contributed by atoms with van der Waals surface area (Å²) in [5.41, 5.74) is 2.71. The lowest BCUT2D eigenvalue weighted by Gasteiger charge is -2.09. The average Bonchev–Trinajstić information content (AvgIpc) is 2.42. The Morgan fingerprint density at radius 2 is 1.85 bits per heavy atom. The summed E-state index contributed by atoms with van der Waals surface area (Å²) < 4.78 is 19.5. The highest BCUT2D eigenvalue weighted by atomic mass is 79.9. The van der Waals surface area contributed by atoms with Gasteiger partial charge in [0.15, 0.2) is 17.3 Å². The van der Waals surface area contributed by atoms with Crippen molar-refractivity contribution in [2.75, 3.05) is 7.11 Å². The first-order valence-corrected chi connectivity index (χ1v) is 6.88. The topological polar surface area (TPSA) is 26.3 Å². The van der Waals surface area contributed by atoms with E-state index < -0.39 is 5.82 Å². The molecule has 2 aromatic carbocycles. The fraction of sp³-hybridized carbons (Fsp3) is 0.188. The van der Waals surface area contributed by atoms with Gasteiger partial charge in [0.1, 0.15) is 0 Å². The van der Waals surface area contributed by atoms with E-state index in [0.717, 1.165) is 15.6 Å². The van der Waals surface area contributed by atoms with E-state index in [1.807, 2.05) is 26.0 Å². The van der Waals surface area contributed by atoms with Gasteiger partial charge in [-0.05, 0) is 55.3 Å². The van der Waals surface area contributed by atoms with Crippen molar-refractivity contribution >= 4 is 21.7 Å². The zero-order valence-electron chi connectivity index (χ0n) is 11.5. The van der Waals surface area contributed by atoms with Crippen LogP contribution in [0.15, 0.2) is 34.8 Å². The molecule has 2 rings (SSSR count). The molecule has 0 radical (unpaired) electrons. The van der Waals surface area contributed by atoms with Crippen molar-refractivity contribution in [3.05, 3.63) is 62.9 Å². The minimum atomic E-state index is -0.537. The van der Waals surface area contributed by atoms with Crippen LogP contribution in [-0.4, -0.2) is 12.9 Å². The van der Waals surface area contributed by atoms with Gasteiger partial charge in [-0.1, -0.05) is 15.9 Å². The first-order chi connectivity index (χ1) is 9.43. The maximum Gasteiger partial charge on any atom is 0.193 e. The Balaban J connectivity index is 2.46. The largest absolute Gasteiger partial charge is 0.494 e. The molecule has 0 bridgehead atoms. The quantitative estimate of drug-likeness (QED) is 0.774. The van der Waals surface area contributed by atoms with Gasteiger partial charge in [-0.3, -0.25) is 4.79 Å². The standard InChI is InChI=1S/C16H14BrFO2/c1-9-7-13(17)10(2)6-12(9)16(19)11-4-5-15(20-3)14(18)8-11/h4-8H,1-3H3. The second-order valence-electron chi connectivity index (χ2n) is 4.59. The van der Waals surface area contributed by atoms with Crippen LogP contribution < -0.4 is 4.74 Å². The number of halogens is 2. The first kappa shape index (κ1) is 14.7. The van der Waals surface area contributed by atoms with Crippen LogP contribution in [0.2, 0.25) is 0 Å². The monoisotopic (exact) mass is 336 g/mol. The normalized spacial score (nSPS) is 10.4. The number of benzene rings is 2. The highest BCUT2D eigenvalue weighted by molar-refractivity contribution is 9.10. The number of carbonyl (C=O) groups excluding carboxylic acids is 1. The molecule has 4 heteroatoms. The number of carbonyl (C=O) groups is 1. The predicted octanol–water partition coefficient (Wildman–Crippen LogP) is 4.44. The fourth-order valence-electron chi connectivity index (χ4n) is 1.99. The third-order valence-corrected chi connectivity index (χ3v) is 4.02. The average molecular weight is 337 g/mol. The molecule has 0 heterocycles. The van der Waals surface area contributed by atoms with Crippen LogP contribution >= 0.6 is 15.9 Å². The van der Waals surface area contributed by atoms with Gasteiger partial charge in [0.2, 0.25) is 0 Å². The molecule has 0 aliphatic heterocycles. The smallest absolute Gasteiger partial charge is 0.193 e. The minimum absolute atomic E-state index is 0.130. The van der Waals surface area contributed by atoms with Crippen molar-refractivity contribution in [3.8, 4) is 5.75 Å². The van der Waals surface area contributed by atoms with Gasteiger partial charge in [0.25, 0.3) is 0 Å². The fourth-order valence-corrected chi connectivity index (χ4v) is 2.45. The summed E-state index contributed by atoms with van der Waals surface area (Å²) in [7, 11) is 1.39. The van der Waals surface area contributed by atoms with Gasteiger partial charge >= 0.3 is 0 Å². The summed E-state index contributed by atoms with van der Waals surface area (Å²) in [5, 5.41) is 0. The van der Waals surface area contributed by atoms with Crippen molar-refractivity contribution in [3.63, 3.8) is 0 Å². The molecule has 0 aliphatic rings. The van der Waals surface area contributed by atoms with Crippen LogP contribution in [0.5, 0.6) is 5.75 Å². The third kappa shape index (κ3) is 2.75. The zero-order valence-corrected chi connectivity index (χ0v) is 13.0. The van der Waals surface area contributed by atoms with E-state index in [-0.39, 0.29) is 11.5 Å². The summed E-state index contributed by atoms with van der Waals surface area (Å²) in [4.78, 5) is 12.5. The van der Waals surface area contributed by atoms with Crippen molar-refractivity contribution in [2.45, 2.75) is 13.8 Å². The molecule has 0 unspecified atom stereocenters. The van der Waals surface area contributed by atoms with E-state index >= 15 is 0 Å². The third-order valence-electron chi connectivity index (χ3n) is 3.16. The molecule has 0 amide bonds. The highest BCUT2D eigenvalue weighted by Gasteiger charge is 2.15. The van der Waals surface area contributed by atoms with E-state index in [1.54, 1.807) is 6.07 Å². The maximum atomic E-state index is 13.7. The van der Waals surface area contributed by atoms with Crippen molar-refractivity contribution in [1.29, 1.82) is 0 Å². The molecule has 104 valence electrons. The highest BCUT2D eigenvalue weighted by Crippen LogP contribution is 2.25. The van der Waals surface area contributed by atoms with Gasteiger partial charge in [-0.2, -0.15) is 0 Å². The molecule has 2 nitrogen and oxygen atoms in total. The molecule has 0 saturated heterocycles. The number of ether oxygens (including phenoxy) is 1. The van der Waals surface area contributed by atoms with Gasteiger partial charge in [-0.15, -0.1) is 0 Å². The van der Waals surface area contributed by atoms with Gasteiger partial charge in [0, 0.05) is 15.6 Å². The molecular weight excluding hydrogens is 323 g/mol. The van der Waals surface area contributed by atoms with Gasteiger partial charge < -0.3 is 4.74 Å². The zero-order chi connectivity index (χ0) is 14.9. The molecule has 20 heavy (non-hydrogen) atoms. The SMILES string of the molecule is COc1ccc(C(=O)c2cc(C)c(Br)cc2C)cc1F. The Labute approximate surface area is 125 Å². The summed E-state index contributed by atoms with van der Waals surface area (Å²) in [6.45, 7) is 3.77. The second-order valence-corrected chi connectivity index (χ2v) is 5.45. The second kappa shape index (κ2) is 5.75. The Kier molecular flexibility index (Phi) is 4.23. The van der Waals surface area contributed by atoms with E-state index in [1.165, 1.54) is 19.2 Å². The Morgan fingerprint density at radius 1 is 1.15 bits per heavy atom. The van der Waals surface area contributed by atoms with E-state index in [2.05, 4.69) is 15.9 Å². The van der Waals surface area contributed by atoms with Crippen LogP contribution in [0.1, 0.15) is 27.0 Å². The Morgan fingerprint density at radius 3 is 2.45 bits per heavy atom. The number of methoxy groups -OCH3 is 1. The van der Waals surface area contributed by atoms with Crippen LogP contribution in [-0.2, 0) is 0 Å². The molecule has 0 fully saturated rings. The number of hydrogen-bond acceptors (Lipinski definition) is 2. The lowest BCUT2D eigenvalue weighted by molar-refractivity contribution is 0.103. The Bertz CT molecular complexity index is 680. The first-order valence-electron chi connectivity index (χ1n) is 6.09. The molecule has 2 aromatic rings. The Hall–Kier alpha value is -1.68. The van der Waals surface area contributed by atoms with Crippen molar-refractivity contribution in [1.82, 2.24) is 0 Å². The summed E-state index contributed by atoms with van der Waals surface area (Å²) >= 11 is 3.43. The molecule has 0 spiro atoms. The van der Waals surface area contributed by atoms with E-state index in [4.69, 9.17) is 4.74 Å². The molecule has 0 N–H and O–H groups in total. The molecule has 0 saturated carbocycles. The number of aryl methyl sites for hydroxylation is 2. The summed E-state index contributed by atoms with van der Waals surface area (Å²) in [6.07, 6.45) is 0. The van der Waals surface area contributed by atoms with Gasteiger partial charge in [0.05, 0.1) is 7.11 Å². The number of ketones is 1. The molecular formula is C16H14BrFO2. The van der Waals surface area contributed by atoms with Crippen molar-refractivity contribution in [2.24, 2.45) is 0 Å². The lowest BCUT2D eigenvalue weighted by atomic mass is 9.97. The van der Waals surface area contributed by atoms with Crippen LogP contribution in [0.3, 0.4) is 0 Å². The maximum absolute atomic E-state index is 13.7. The molecule has 0 atom stereocenters. The predicted molar refractivity (Wildman–Crippen MR) is 80.0 cm³/mol. The minimum Gasteiger partial charge on any atom is -0.494 e.